The van der Waals surface area contributed by atoms with Crippen molar-refractivity contribution < 1.29 is 19.6 Å². The molecule has 0 saturated carbocycles. The van der Waals surface area contributed by atoms with E-state index in [2.05, 4.69) is 9.97 Å². The molecular formula is C15H24BN3O4. The third-order valence-electron chi connectivity index (χ3n) is 4.39. The van der Waals surface area contributed by atoms with E-state index < -0.39 is 18.3 Å². The Morgan fingerprint density at radius 1 is 1.22 bits per heavy atom. The first-order valence-corrected chi connectivity index (χ1v) is 7.82. The van der Waals surface area contributed by atoms with Gasteiger partial charge in [0.1, 0.15) is 0 Å². The van der Waals surface area contributed by atoms with Gasteiger partial charge in [0.2, 0.25) is 11.9 Å². The van der Waals surface area contributed by atoms with E-state index in [1.165, 1.54) is 12.4 Å². The number of carbonyl (C=O) groups excluding carboxylic acids is 1. The predicted octanol–water partition coefficient (Wildman–Crippen LogP) is 0.247. The second-order valence-electron chi connectivity index (χ2n) is 6.86. The Kier molecular flexibility index (Phi) is 5.08. The summed E-state index contributed by atoms with van der Waals surface area (Å²) >= 11 is 0. The van der Waals surface area contributed by atoms with Crippen molar-refractivity contribution in [2.75, 3.05) is 11.4 Å². The minimum atomic E-state index is -1.26. The topological polar surface area (TPSA) is 95.8 Å². The zero-order valence-corrected chi connectivity index (χ0v) is 14.1. The first kappa shape index (κ1) is 17.8. The van der Waals surface area contributed by atoms with Crippen molar-refractivity contribution in [1.82, 2.24) is 9.97 Å². The van der Waals surface area contributed by atoms with Crippen LogP contribution in [0.4, 0.5) is 5.95 Å². The molecule has 1 aromatic rings. The van der Waals surface area contributed by atoms with Crippen LogP contribution in [0.3, 0.4) is 0 Å². The van der Waals surface area contributed by atoms with Gasteiger partial charge in [-0.15, -0.1) is 0 Å². The Hall–Kier alpha value is -1.51. The van der Waals surface area contributed by atoms with E-state index in [0.29, 0.717) is 24.4 Å². The van der Waals surface area contributed by atoms with Crippen LogP contribution in [0, 0.1) is 0 Å². The van der Waals surface area contributed by atoms with E-state index in [1.807, 2.05) is 0 Å². The molecule has 1 amide bonds. The predicted molar refractivity (Wildman–Crippen MR) is 87.3 cm³/mol. The summed E-state index contributed by atoms with van der Waals surface area (Å²) in [4.78, 5) is 21.7. The van der Waals surface area contributed by atoms with Crippen molar-refractivity contribution in [1.29, 1.82) is 0 Å². The molecule has 0 unspecified atom stereocenters. The molecule has 1 aromatic heterocycles. The highest BCUT2D eigenvalue weighted by Gasteiger charge is 2.39. The molecule has 1 saturated heterocycles. The van der Waals surface area contributed by atoms with Crippen molar-refractivity contribution in [3.63, 3.8) is 0 Å². The highest BCUT2D eigenvalue weighted by atomic mass is 16.5. The van der Waals surface area contributed by atoms with Gasteiger partial charge < -0.3 is 14.8 Å². The standard InChI is InChI=1S/C15H24BN3O4/c1-14(2,21)15(3,4)23-16(22)11-9-17-13(18-10-11)19-8-6-5-7-12(19)20/h9-10,21-22H,5-8H2,1-4H3. The smallest absolute Gasteiger partial charge is 0.423 e. The van der Waals surface area contributed by atoms with E-state index in [0.717, 1.165) is 12.8 Å². The molecule has 2 N–H and O–H groups in total. The van der Waals surface area contributed by atoms with Crippen molar-refractivity contribution in [3.8, 4) is 0 Å². The molecule has 1 aliphatic rings. The molecule has 0 aliphatic carbocycles. The Bertz CT molecular complexity index is 557. The maximum absolute atomic E-state index is 11.9. The molecule has 1 fully saturated rings. The van der Waals surface area contributed by atoms with Crippen LogP contribution in [0.5, 0.6) is 0 Å². The average molecular weight is 321 g/mol. The van der Waals surface area contributed by atoms with Crippen LogP contribution < -0.4 is 10.4 Å². The number of rotatable bonds is 5. The molecule has 0 aromatic carbocycles. The third-order valence-corrected chi connectivity index (χ3v) is 4.39. The molecule has 126 valence electrons. The van der Waals surface area contributed by atoms with Crippen molar-refractivity contribution >= 4 is 24.4 Å². The van der Waals surface area contributed by atoms with Gasteiger partial charge in [-0.05, 0) is 40.5 Å². The van der Waals surface area contributed by atoms with E-state index in [9.17, 15) is 14.9 Å². The maximum Gasteiger partial charge on any atom is 0.494 e. The normalized spacial score (nSPS) is 16.6. The van der Waals surface area contributed by atoms with Gasteiger partial charge in [-0.3, -0.25) is 9.69 Å². The van der Waals surface area contributed by atoms with E-state index in [1.54, 1.807) is 32.6 Å². The number of anilines is 1. The number of hydrogen-bond donors (Lipinski definition) is 2. The number of amides is 1. The third kappa shape index (κ3) is 4.07. The summed E-state index contributed by atoms with van der Waals surface area (Å²) in [6.45, 7) is 7.22. The average Bonchev–Trinajstić information content (AvgIpc) is 2.46. The van der Waals surface area contributed by atoms with Gasteiger partial charge in [0, 0.05) is 30.8 Å². The van der Waals surface area contributed by atoms with Crippen LogP contribution >= 0.6 is 0 Å². The molecule has 2 heterocycles. The molecule has 1 aliphatic heterocycles. The molecule has 23 heavy (non-hydrogen) atoms. The highest BCUT2D eigenvalue weighted by Crippen LogP contribution is 2.25. The van der Waals surface area contributed by atoms with Crippen LogP contribution in [0.2, 0.25) is 0 Å². The molecule has 7 nitrogen and oxygen atoms in total. The van der Waals surface area contributed by atoms with Crippen LogP contribution in [0.25, 0.3) is 0 Å². The lowest BCUT2D eigenvalue weighted by molar-refractivity contribution is -0.119. The maximum atomic E-state index is 11.9. The lowest BCUT2D eigenvalue weighted by atomic mass is 9.78. The van der Waals surface area contributed by atoms with Crippen LogP contribution in [-0.2, 0) is 9.45 Å². The number of aromatic nitrogens is 2. The fourth-order valence-electron chi connectivity index (χ4n) is 2.11. The SMILES string of the molecule is CC(C)(O)C(C)(C)OB(O)c1cnc(N2CCCCC2=O)nc1. The van der Waals surface area contributed by atoms with Gasteiger partial charge in [-0.25, -0.2) is 9.97 Å². The summed E-state index contributed by atoms with van der Waals surface area (Å²) in [6.07, 6.45) is 5.22. The summed E-state index contributed by atoms with van der Waals surface area (Å²) in [5.41, 5.74) is -1.72. The second kappa shape index (κ2) is 6.55. The molecule has 0 atom stereocenters. The molecule has 0 spiro atoms. The number of nitrogens with zero attached hydrogens (tertiary/aromatic N) is 3. The largest absolute Gasteiger partial charge is 0.494 e. The number of hydrogen-bond acceptors (Lipinski definition) is 6. The number of aliphatic hydroxyl groups is 1. The Morgan fingerprint density at radius 2 is 1.83 bits per heavy atom. The van der Waals surface area contributed by atoms with Crippen LogP contribution in [0.1, 0.15) is 47.0 Å². The zero-order chi connectivity index (χ0) is 17.3. The fraction of sp³-hybridized carbons (Fsp3) is 0.667. The minimum Gasteiger partial charge on any atom is -0.423 e. The van der Waals surface area contributed by atoms with Gasteiger partial charge in [0.25, 0.3) is 0 Å². The lowest BCUT2D eigenvalue weighted by Gasteiger charge is -2.38. The Balaban J connectivity index is 2.08. The molecule has 0 radical (unpaired) electrons. The summed E-state index contributed by atoms with van der Waals surface area (Å²) in [5.74, 6) is 0.358. The highest BCUT2D eigenvalue weighted by molar-refractivity contribution is 6.59. The van der Waals surface area contributed by atoms with Gasteiger partial charge in [0.05, 0.1) is 11.2 Å². The Labute approximate surface area is 136 Å². The van der Waals surface area contributed by atoms with Gasteiger partial charge in [-0.2, -0.15) is 0 Å². The zero-order valence-electron chi connectivity index (χ0n) is 14.1. The van der Waals surface area contributed by atoms with Gasteiger partial charge >= 0.3 is 7.12 Å². The summed E-state index contributed by atoms with van der Waals surface area (Å²) in [7, 11) is -1.26. The second-order valence-corrected chi connectivity index (χ2v) is 6.86. The number of carbonyl (C=O) groups is 1. The van der Waals surface area contributed by atoms with Crippen LogP contribution in [0.15, 0.2) is 12.4 Å². The number of piperidine rings is 1. The van der Waals surface area contributed by atoms with E-state index in [4.69, 9.17) is 4.65 Å². The first-order chi connectivity index (χ1) is 10.6. The van der Waals surface area contributed by atoms with Crippen molar-refractivity contribution in [2.24, 2.45) is 0 Å². The van der Waals surface area contributed by atoms with E-state index in [-0.39, 0.29) is 5.91 Å². The van der Waals surface area contributed by atoms with Crippen LogP contribution in [-0.4, -0.2) is 50.9 Å². The lowest BCUT2D eigenvalue weighted by Crippen LogP contribution is -2.53. The van der Waals surface area contributed by atoms with Crippen molar-refractivity contribution in [2.45, 2.75) is 58.2 Å². The molecule has 8 heteroatoms. The molecular weight excluding hydrogens is 297 g/mol. The van der Waals surface area contributed by atoms with E-state index >= 15 is 0 Å². The monoisotopic (exact) mass is 321 g/mol. The van der Waals surface area contributed by atoms with Gasteiger partial charge in [-0.1, -0.05) is 0 Å². The Morgan fingerprint density at radius 3 is 2.35 bits per heavy atom. The summed E-state index contributed by atoms with van der Waals surface area (Å²) in [5, 5.41) is 20.3. The molecule has 0 bridgehead atoms. The summed E-state index contributed by atoms with van der Waals surface area (Å²) < 4.78 is 5.54. The first-order valence-electron chi connectivity index (χ1n) is 7.82. The molecule has 2 rings (SSSR count). The summed E-state index contributed by atoms with van der Waals surface area (Å²) in [6, 6.07) is 0. The minimum absolute atomic E-state index is 0.0176. The van der Waals surface area contributed by atoms with Gasteiger partial charge in [0.15, 0.2) is 0 Å². The quantitative estimate of drug-likeness (QED) is 0.755. The van der Waals surface area contributed by atoms with Crippen molar-refractivity contribution in [3.05, 3.63) is 12.4 Å². The fourth-order valence-corrected chi connectivity index (χ4v) is 2.11.